The number of aliphatic hydroxyl groups is 1. The van der Waals surface area contributed by atoms with E-state index < -0.39 is 5.67 Å². The van der Waals surface area contributed by atoms with Crippen molar-refractivity contribution in [2.24, 2.45) is 0 Å². The number of methoxy groups -OCH3 is 2. The molecule has 0 amide bonds. The van der Waals surface area contributed by atoms with Crippen molar-refractivity contribution in [1.82, 2.24) is 0 Å². The van der Waals surface area contributed by atoms with Crippen LogP contribution >= 0.6 is 0 Å². The molecule has 0 heterocycles. The lowest BCUT2D eigenvalue weighted by Crippen LogP contribution is -2.13. The quantitative estimate of drug-likeness (QED) is 0.880. The Morgan fingerprint density at radius 2 is 1.89 bits per heavy atom. The molecule has 0 spiro atoms. The fourth-order valence-electron chi connectivity index (χ4n) is 1.82. The van der Waals surface area contributed by atoms with Gasteiger partial charge in [0.1, 0.15) is 5.67 Å². The molecule has 1 N–H and O–H groups in total. The van der Waals surface area contributed by atoms with Crippen LogP contribution in [0.5, 0.6) is 11.5 Å². The van der Waals surface area contributed by atoms with Gasteiger partial charge < -0.3 is 14.6 Å². The Labute approximate surface area is 108 Å². The van der Waals surface area contributed by atoms with Crippen LogP contribution in [0.15, 0.2) is 12.1 Å². The lowest BCUT2D eigenvalue weighted by molar-refractivity contribution is 0.210. The molecule has 0 radical (unpaired) electrons. The van der Waals surface area contributed by atoms with E-state index in [-0.39, 0.29) is 12.5 Å². The number of alkyl halides is 1. The van der Waals surface area contributed by atoms with Gasteiger partial charge in [0.25, 0.3) is 0 Å². The number of rotatable bonds is 5. The Balaban J connectivity index is 3.46. The topological polar surface area (TPSA) is 38.7 Å². The summed E-state index contributed by atoms with van der Waals surface area (Å²) in [5.74, 6) is 0.806. The summed E-state index contributed by atoms with van der Waals surface area (Å²) in [6.45, 7) is 4.81. The fraction of sp³-hybridized carbons (Fsp3) is 0.571. The van der Waals surface area contributed by atoms with Crippen LogP contribution in [0, 0.1) is 0 Å². The van der Waals surface area contributed by atoms with Crippen LogP contribution in [0.3, 0.4) is 0 Å². The van der Waals surface area contributed by atoms with Gasteiger partial charge in [-0.25, -0.2) is 4.39 Å². The van der Waals surface area contributed by atoms with Gasteiger partial charge in [-0.3, -0.25) is 0 Å². The molecule has 0 aliphatic carbocycles. The minimum Gasteiger partial charge on any atom is -0.493 e. The van der Waals surface area contributed by atoms with Crippen molar-refractivity contribution in [3.8, 4) is 11.5 Å². The van der Waals surface area contributed by atoms with Gasteiger partial charge in [-0.1, -0.05) is 6.92 Å². The molecule has 0 bridgehead atoms. The van der Waals surface area contributed by atoms with E-state index >= 15 is 0 Å². The highest BCUT2D eigenvalue weighted by molar-refractivity contribution is 5.52. The minimum atomic E-state index is -1.54. The number of aliphatic hydroxyl groups excluding tert-OH is 1. The maximum Gasteiger partial charge on any atom is 0.167 e. The molecular formula is C14H21FO3. The SMILES string of the molecule is COc1cc(C(C)CO)cc(C(C)(C)F)c1OC. The van der Waals surface area contributed by atoms with Crippen LogP contribution in [0.25, 0.3) is 0 Å². The van der Waals surface area contributed by atoms with E-state index in [1.165, 1.54) is 28.1 Å². The van der Waals surface area contributed by atoms with Crippen LogP contribution < -0.4 is 9.47 Å². The summed E-state index contributed by atoms with van der Waals surface area (Å²) in [6.07, 6.45) is 0. The predicted octanol–water partition coefficient (Wildman–Crippen LogP) is 3.00. The largest absolute Gasteiger partial charge is 0.493 e. The molecule has 1 atom stereocenters. The minimum absolute atomic E-state index is 0.00162. The van der Waals surface area contributed by atoms with Crippen molar-refractivity contribution in [1.29, 1.82) is 0 Å². The number of hydrogen-bond donors (Lipinski definition) is 1. The maximum absolute atomic E-state index is 14.2. The zero-order valence-electron chi connectivity index (χ0n) is 11.6. The van der Waals surface area contributed by atoms with Crippen molar-refractivity contribution in [3.63, 3.8) is 0 Å². The molecular weight excluding hydrogens is 235 g/mol. The Kier molecular flexibility index (Phi) is 4.57. The second kappa shape index (κ2) is 5.57. The lowest BCUT2D eigenvalue weighted by atomic mass is 9.92. The molecule has 0 aliphatic heterocycles. The predicted molar refractivity (Wildman–Crippen MR) is 69.2 cm³/mol. The highest BCUT2D eigenvalue weighted by atomic mass is 19.1. The molecule has 1 aromatic carbocycles. The third kappa shape index (κ3) is 2.93. The Morgan fingerprint density at radius 1 is 1.28 bits per heavy atom. The first kappa shape index (κ1) is 14.8. The van der Waals surface area contributed by atoms with Gasteiger partial charge in [0.15, 0.2) is 11.5 Å². The lowest BCUT2D eigenvalue weighted by Gasteiger charge is -2.23. The summed E-state index contributed by atoms with van der Waals surface area (Å²) in [6, 6.07) is 3.50. The van der Waals surface area contributed by atoms with E-state index in [0.29, 0.717) is 17.1 Å². The average Bonchev–Trinajstić information content (AvgIpc) is 2.34. The zero-order chi connectivity index (χ0) is 13.9. The van der Waals surface area contributed by atoms with E-state index in [4.69, 9.17) is 9.47 Å². The second-order valence-electron chi connectivity index (χ2n) is 4.86. The van der Waals surface area contributed by atoms with Crippen LogP contribution in [-0.2, 0) is 5.67 Å². The fourth-order valence-corrected chi connectivity index (χ4v) is 1.82. The van der Waals surface area contributed by atoms with Gasteiger partial charge in [0.05, 0.1) is 14.2 Å². The zero-order valence-corrected chi connectivity index (χ0v) is 11.6. The van der Waals surface area contributed by atoms with Gasteiger partial charge in [-0.05, 0) is 31.5 Å². The van der Waals surface area contributed by atoms with Gasteiger partial charge in [-0.2, -0.15) is 0 Å². The number of halogens is 1. The number of ether oxygens (including phenoxy) is 2. The monoisotopic (exact) mass is 256 g/mol. The van der Waals surface area contributed by atoms with Crippen molar-refractivity contribution >= 4 is 0 Å². The standard InChI is InChI=1S/C14H21FO3/c1-9(8-16)10-6-11(14(2,3)15)13(18-5)12(7-10)17-4/h6-7,9,16H,8H2,1-5H3. The molecule has 1 unspecified atom stereocenters. The maximum atomic E-state index is 14.2. The second-order valence-corrected chi connectivity index (χ2v) is 4.86. The van der Waals surface area contributed by atoms with E-state index in [0.717, 1.165) is 5.56 Å². The van der Waals surface area contributed by atoms with E-state index in [2.05, 4.69) is 0 Å². The highest BCUT2D eigenvalue weighted by Crippen LogP contribution is 2.41. The summed E-state index contributed by atoms with van der Waals surface area (Å²) in [5, 5.41) is 9.21. The Bertz CT molecular complexity index is 410. The highest BCUT2D eigenvalue weighted by Gasteiger charge is 2.27. The molecule has 0 saturated heterocycles. The molecule has 102 valence electrons. The Hall–Kier alpha value is -1.29. The molecule has 1 aromatic rings. The molecule has 0 saturated carbocycles. The smallest absolute Gasteiger partial charge is 0.167 e. The molecule has 0 fully saturated rings. The summed E-state index contributed by atoms with van der Waals surface area (Å²) in [5.41, 5.74) is -0.278. The van der Waals surface area contributed by atoms with Crippen LogP contribution in [0.2, 0.25) is 0 Å². The van der Waals surface area contributed by atoms with Crippen molar-refractivity contribution < 1.29 is 19.0 Å². The molecule has 18 heavy (non-hydrogen) atoms. The summed E-state index contributed by atoms with van der Waals surface area (Å²) >= 11 is 0. The van der Waals surface area contributed by atoms with Crippen molar-refractivity contribution in [2.75, 3.05) is 20.8 Å². The van der Waals surface area contributed by atoms with Crippen LogP contribution in [0.1, 0.15) is 37.8 Å². The summed E-state index contributed by atoms with van der Waals surface area (Å²) in [7, 11) is 3.00. The van der Waals surface area contributed by atoms with Gasteiger partial charge in [0.2, 0.25) is 0 Å². The van der Waals surface area contributed by atoms with Crippen LogP contribution in [-0.4, -0.2) is 25.9 Å². The van der Waals surface area contributed by atoms with E-state index in [9.17, 15) is 9.50 Å². The molecule has 0 aliphatic rings. The van der Waals surface area contributed by atoms with Crippen LogP contribution in [0.4, 0.5) is 4.39 Å². The molecule has 0 aromatic heterocycles. The average molecular weight is 256 g/mol. The Morgan fingerprint density at radius 3 is 2.28 bits per heavy atom. The third-order valence-electron chi connectivity index (χ3n) is 2.98. The molecule has 3 nitrogen and oxygen atoms in total. The normalized spacial score (nSPS) is 13.3. The number of hydrogen-bond acceptors (Lipinski definition) is 3. The van der Waals surface area contributed by atoms with Gasteiger partial charge >= 0.3 is 0 Å². The summed E-state index contributed by atoms with van der Waals surface area (Å²) < 4.78 is 24.7. The van der Waals surface area contributed by atoms with Crippen molar-refractivity contribution in [3.05, 3.63) is 23.3 Å². The van der Waals surface area contributed by atoms with E-state index in [1.54, 1.807) is 12.1 Å². The summed E-state index contributed by atoms with van der Waals surface area (Å²) in [4.78, 5) is 0. The first-order valence-corrected chi connectivity index (χ1v) is 5.91. The molecule has 1 rings (SSSR count). The van der Waals surface area contributed by atoms with E-state index in [1.807, 2.05) is 6.92 Å². The molecule has 4 heteroatoms. The first-order chi connectivity index (χ1) is 8.35. The first-order valence-electron chi connectivity index (χ1n) is 5.91. The van der Waals surface area contributed by atoms with Gasteiger partial charge in [0, 0.05) is 18.1 Å². The van der Waals surface area contributed by atoms with Gasteiger partial charge in [-0.15, -0.1) is 0 Å². The third-order valence-corrected chi connectivity index (χ3v) is 2.98. The van der Waals surface area contributed by atoms with Crippen molar-refractivity contribution in [2.45, 2.75) is 32.4 Å². The number of benzene rings is 1.